The summed E-state index contributed by atoms with van der Waals surface area (Å²) in [5.41, 5.74) is 2.60. The van der Waals surface area contributed by atoms with Gasteiger partial charge in [0.2, 0.25) is 0 Å². The van der Waals surface area contributed by atoms with Gasteiger partial charge in [0.05, 0.1) is 7.11 Å². The lowest BCUT2D eigenvalue weighted by Gasteiger charge is -2.17. The molecule has 0 fully saturated rings. The lowest BCUT2D eigenvalue weighted by Crippen LogP contribution is -2.43. The molecular formula is C22H21NO3. The fourth-order valence-electron chi connectivity index (χ4n) is 2.94. The highest BCUT2D eigenvalue weighted by Gasteiger charge is 2.22. The third-order valence-electron chi connectivity index (χ3n) is 4.38. The molecule has 1 aliphatic carbocycles. The van der Waals surface area contributed by atoms with Crippen LogP contribution in [0.15, 0.2) is 78.9 Å². The Morgan fingerprint density at radius 2 is 1.65 bits per heavy atom. The summed E-state index contributed by atoms with van der Waals surface area (Å²) < 4.78 is 4.84. The zero-order valence-corrected chi connectivity index (χ0v) is 14.6. The van der Waals surface area contributed by atoms with E-state index in [1.807, 2.05) is 54.6 Å². The summed E-state index contributed by atoms with van der Waals surface area (Å²) in [5.74, 6) is -0.492. The van der Waals surface area contributed by atoms with E-state index in [0.29, 0.717) is 12.0 Å². The molecule has 0 bridgehead atoms. The lowest BCUT2D eigenvalue weighted by atomic mass is 9.99. The van der Waals surface area contributed by atoms with E-state index in [1.165, 1.54) is 7.11 Å². The van der Waals surface area contributed by atoms with Crippen molar-refractivity contribution in [3.05, 3.63) is 95.6 Å². The molecule has 26 heavy (non-hydrogen) atoms. The van der Waals surface area contributed by atoms with Crippen molar-refractivity contribution in [2.24, 2.45) is 0 Å². The number of allylic oxidation sites excluding steroid dienone is 4. The minimum absolute atomic E-state index is 0.257. The highest BCUT2D eigenvalue weighted by Crippen LogP contribution is 2.23. The summed E-state index contributed by atoms with van der Waals surface area (Å²) in [6, 6.07) is 16.2. The van der Waals surface area contributed by atoms with Gasteiger partial charge in [-0.25, -0.2) is 4.79 Å². The molecule has 1 amide bonds. The number of hydrogen-bond acceptors (Lipinski definition) is 3. The minimum Gasteiger partial charge on any atom is -0.467 e. The Balaban J connectivity index is 1.69. The van der Waals surface area contributed by atoms with Crippen molar-refractivity contribution >= 4 is 11.9 Å². The Labute approximate surface area is 153 Å². The van der Waals surface area contributed by atoms with Crippen molar-refractivity contribution in [2.45, 2.75) is 18.4 Å². The average molecular weight is 347 g/mol. The Bertz CT molecular complexity index is 810. The third-order valence-corrected chi connectivity index (χ3v) is 4.38. The van der Waals surface area contributed by atoms with Gasteiger partial charge in [0.15, 0.2) is 0 Å². The second kappa shape index (κ2) is 8.30. The molecule has 4 nitrogen and oxygen atoms in total. The van der Waals surface area contributed by atoms with Crippen LogP contribution >= 0.6 is 0 Å². The second-order valence-electron chi connectivity index (χ2n) is 6.16. The molecule has 2 aromatic rings. The average Bonchev–Trinajstić information content (AvgIpc) is 3.22. The maximum Gasteiger partial charge on any atom is 0.328 e. The van der Waals surface area contributed by atoms with E-state index in [4.69, 9.17) is 4.74 Å². The Hall–Kier alpha value is -3.14. The molecule has 0 saturated heterocycles. The normalized spacial score (nSPS) is 14.2. The Kier molecular flexibility index (Phi) is 5.64. The van der Waals surface area contributed by atoms with Crippen LogP contribution in [0.4, 0.5) is 0 Å². The molecule has 0 aliphatic heterocycles. The Morgan fingerprint density at radius 1 is 1.00 bits per heavy atom. The van der Waals surface area contributed by atoms with E-state index in [1.54, 1.807) is 12.1 Å². The third kappa shape index (κ3) is 4.28. The van der Waals surface area contributed by atoms with Crippen LogP contribution in [0.5, 0.6) is 0 Å². The van der Waals surface area contributed by atoms with Gasteiger partial charge in [-0.2, -0.15) is 0 Å². The second-order valence-corrected chi connectivity index (χ2v) is 6.16. The molecular weight excluding hydrogens is 326 g/mol. The van der Waals surface area contributed by atoms with Crippen LogP contribution in [0.2, 0.25) is 0 Å². The van der Waals surface area contributed by atoms with Gasteiger partial charge in [0.25, 0.3) is 5.91 Å². The molecule has 132 valence electrons. The molecule has 2 aromatic carbocycles. The molecule has 0 spiro atoms. The van der Waals surface area contributed by atoms with Gasteiger partial charge in [0, 0.05) is 17.9 Å². The zero-order chi connectivity index (χ0) is 18.4. The molecule has 0 saturated carbocycles. The monoisotopic (exact) mass is 347 g/mol. The highest BCUT2D eigenvalue weighted by atomic mass is 16.5. The van der Waals surface area contributed by atoms with Crippen LogP contribution < -0.4 is 5.32 Å². The van der Waals surface area contributed by atoms with Gasteiger partial charge in [-0.05, 0) is 23.3 Å². The van der Waals surface area contributed by atoms with E-state index in [9.17, 15) is 9.59 Å². The SMILES string of the molecule is COC(=O)[C@H](Cc1ccccc1)NC(=O)c1ccc(C2C=CC=C2)cc1. The van der Waals surface area contributed by atoms with Crippen LogP contribution in [-0.4, -0.2) is 25.0 Å². The molecule has 0 radical (unpaired) electrons. The van der Waals surface area contributed by atoms with Crippen molar-refractivity contribution in [3.63, 3.8) is 0 Å². The fraction of sp³-hybridized carbons (Fsp3) is 0.182. The van der Waals surface area contributed by atoms with E-state index >= 15 is 0 Å². The van der Waals surface area contributed by atoms with Crippen molar-refractivity contribution in [1.82, 2.24) is 5.32 Å². The van der Waals surface area contributed by atoms with E-state index in [0.717, 1.165) is 11.1 Å². The summed E-state index contributed by atoms with van der Waals surface area (Å²) in [6.45, 7) is 0. The number of amides is 1. The number of hydrogen-bond donors (Lipinski definition) is 1. The molecule has 0 heterocycles. The van der Waals surface area contributed by atoms with Gasteiger partial charge in [-0.1, -0.05) is 66.8 Å². The van der Waals surface area contributed by atoms with Gasteiger partial charge < -0.3 is 10.1 Å². The summed E-state index contributed by atoms with van der Waals surface area (Å²) in [6.07, 6.45) is 8.60. The number of methoxy groups -OCH3 is 1. The molecule has 1 N–H and O–H groups in total. The summed E-state index contributed by atoms with van der Waals surface area (Å²) in [5, 5.41) is 2.78. The van der Waals surface area contributed by atoms with Crippen LogP contribution in [-0.2, 0) is 16.0 Å². The van der Waals surface area contributed by atoms with Crippen molar-refractivity contribution in [3.8, 4) is 0 Å². The fourth-order valence-corrected chi connectivity index (χ4v) is 2.94. The summed E-state index contributed by atoms with van der Waals surface area (Å²) in [4.78, 5) is 24.6. The van der Waals surface area contributed by atoms with E-state index < -0.39 is 12.0 Å². The van der Waals surface area contributed by atoms with E-state index in [2.05, 4.69) is 17.5 Å². The highest BCUT2D eigenvalue weighted by molar-refractivity contribution is 5.96. The van der Waals surface area contributed by atoms with Crippen molar-refractivity contribution in [2.75, 3.05) is 7.11 Å². The first-order chi connectivity index (χ1) is 12.7. The first kappa shape index (κ1) is 17.7. The molecule has 1 aliphatic rings. The molecule has 3 rings (SSSR count). The van der Waals surface area contributed by atoms with Crippen molar-refractivity contribution < 1.29 is 14.3 Å². The first-order valence-electron chi connectivity index (χ1n) is 8.55. The number of esters is 1. The number of carbonyl (C=O) groups is 2. The minimum atomic E-state index is -0.727. The standard InChI is InChI=1S/C22H21NO3/c1-26-22(25)20(15-16-7-3-2-4-8-16)23-21(24)19-13-11-18(12-14-19)17-9-5-6-10-17/h2-14,17,20H,15H2,1H3,(H,23,24)/t20-/m0/s1. The lowest BCUT2D eigenvalue weighted by molar-refractivity contribution is -0.142. The van der Waals surface area contributed by atoms with Gasteiger partial charge in [-0.15, -0.1) is 0 Å². The van der Waals surface area contributed by atoms with Gasteiger partial charge in [0.1, 0.15) is 6.04 Å². The van der Waals surface area contributed by atoms with E-state index in [-0.39, 0.29) is 11.8 Å². The maximum absolute atomic E-state index is 12.6. The number of rotatable bonds is 6. The molecule has 0 aromatic heterocycles. The van der Waals surface area contributed by atoms with Crippen LogP contribution in [0.1, 0.15) is 27.4 Å². The maximum atomic E-state index is 12.6. The number of benzene rings is 2. The summed E-state index contributed by atoms with van der Waals surface area (Å²) >= 11 is 0. The number of ether oxygens (including phenoxy) is 1. The van der Waals surface area contributed by atoms with Gasteiger partial charge in [-0.3, -0.25) is 4.79 Å². The Morgan fingerprint density at radius 3 is 2.27 bits per heavy atom. The quantitative estimate of drug-likeness (QED) is 0.815. The van der Waals surface area contributed by atoms with Crippen molar-refractivity contribution in [1.29, 1.82) is 0 Å². The predicted octanol–water partition coefficient (Wildman–Crippen LogP) is 3.41. The number of carbonyl (C=O) groups excluding carboxylic acids is 2. The first-order valence-corrected chi connectivity index (χ1v) is 8.55. The van der Waals surface area contributed by atoms with Crippen LogP contribution in [0, 0.1) is 0 Å². The smallest absolute Gasteiger partial charge is 0.328 e. The topological polar surface area (TPSA) is 55.4 Å². The molecule has 4 heteroatoms. The van der Waals surface area contributed by atoms with Crippen LogP contribution in [0.3, 0.4) is 0 Å². The van der Waals surface area contributed by atoms with Crippen LogP contribution in [0.25, 0.3) is 0 Å². The largest absolute Gasteiger partial charge is 0.467 e. The summed E-state index contributed by atoms with van der Waals surface area (Å²) in [7, 11) is 1.32. The predicted molar refractivity (Wildman–Crippen MR) is 101 cm³/mol. The number of nitrogens with one attached hydrogen (secondary N) is 1. The zero-order valence-electron chi connectivity index (χ0n) is 14.6. The molecule has 0 unspecified atom stereocenters. The van der Waals surface area contributed by atoms with Gasteiger partial charge >= 0.3 is 5.97 Å². The molecule has 1 atom stereocenters.